The second kappa shape index (κ2) is 10.1. The SMILES string of the molecule is Cc1nc(CSc2ccc(C(=O)NC(Cc3ccccc3)C(=O)NC3CC3)cc2)cs1. The fourth-order valence-corrected chi connectivity index (χ4v) is 4.67. The zero-order valence-electron chi connectivity index (χ0n) is 17.3. The number of carbonyl (C=O) groups is 2. The summed E-state index contributed by atoms with van der Waals surface area (Å²) in [4.78, 5) is 31.1. The molecule has 0 radical (unpaired) electrons. The Balaban J connectivity index is 1.37. The molecule has 7 heteroatoms. The molecule has 1 aliphatic carbocycles. The van der Waals surface area contributed by atoms with Crippen molar-refractivity contribution >= 4 is 34.9 Å². The van der Waals surface area contributed by atoms with Crippen molar-refractivity contribution in [3.8, 4) is 0 Å². The van der Waals surface area contributed by atoms with Crippen LogP contribution in [0.2, 0.25) is 0 Å². The summed E-state index contributed by atoms with van der Waals surface area (Å²) in [6.07, 6.45) is 2.49. The van der Waals surface area contributed by atoms with Gasteiger partial charge < -0.3 is 10.6 Å². The summed E-state index contributed by atoms with van der Waals surface area (Å²) in [7, 11) is 0. The lowest BCUT2D eigenvalue weighted by Gasteiger charge is -2.19. The van der Waals surface area contributed by atoms with Gasteiger partial charge in [0.15, 0.2) is 0 Å². The highest BCUT2D eigenvalue weighted by Crippen LogP contribution is 2.24. The van der Waals surface area contributed by atoms with E-state index in [0.717, 1.165) is 39.8 Å². The second-order valence-electron chi connectivity index (χ2n) is 7.67. The van der Waals surface area contributed by atoms with Crippen molar-refractivity contribution in [1.29, 1.82) is 0 Å². The van der Waals surface area contributed by atoms with Crippen molar-refractivity contribution < 1.29 is 9.59 Å². The number of aromatic nitrogens is 1. The molecule has 2 aromatic carbocycles. The second-order valence-corrected chi connectivity index (χ2v) is 9.78. The number of aryl methyl sites for hydroxylation is 1. The van der Waals surface area contributed by atoms with Crippen LogP contribution in [0.4, 0.5) is 0 Å². The quantitative estimate of drug-likeness (QED) is 0.474. The lowest BCUT2D eigenvalue weighted by Crippen LogP contribution is -2.48. The van der Waals surface area contributed by atoms with E-state index in [4.69, 9.17) is 0 Å². The highest BCUT2D eigenvalue weighted by Gasteiger charge is 2.28. The zero-order chi connectivity index (χ0) is 21.6. The Kier molecular flexibility index (Phi) is 7.04. The summed E-state index contributed by atoms with van der Waals surface area (Å²) in [5.41, 5.74) is 2.63. The Morgan fingerprint density at radius 2 is 1.87 bits per heavy atom. The molecule has 1 unspecified atom stereocenters. The maximum absolute atomic E-state index is 12.8. The van der Waals surface area contributed by atoms with Crippen LogP contribution in [0.5, 0.6) is 0 Å². The van der Waals surface area contributed by atoms with E-state index >= 15 is 0 Å². The van der Waals surface area contributed by atoms with Crippen LogP contribution < -0.4 is 10.6 Å². The van der Waals surface area contributed by atoms with Crippen molar-refractivity contribution in [2.45, 2.75) is 48.9 Å². The molecule has 1 fully saturated rings. The van der Waals surface area contributed by atoms with Crippen LogP contribution in [0, 0.1) is 6.92 Å². The Morgan fingerprint density at radius 3 is 2.52 bits per heavy atom. The van der Waals surface area contributed by atoms with E-state index in [2.05, 4.69) is 21.0 Å². The minimum atomic E-state index is -0.600. The lowest BCUT2D eigenvalue weighted by molar-refractivity contribution is -0.123. The number of hydrogen-bond acceptors (Lipinski definition) is 5. The molecule has 1 aromatic heterocycles. The minimum absolute atomic E-state index is 0.120. The predicted octanol–water partition coefficient (Wildman–Crippen LogP) is 4.36. The number of amides is 2. The molecule has 5 nitrogen and oxygen atoms in total. The van der Waals surface area contributed by atoms with Gasteiger partial charge in [-0.3, -0.25) is 9.59 Å². The Hall–Kier alpha value is -2.64. The summed E-state index contributed by atoms with van der Waals surface area (Å²) in [5.74, 6) is 0.445. The first-order valence-corrected chi connectivity index (χ1v) is 12.2. The summed E-state index contributed by atoms with van der Waals surface area (Å²) < 4.78 is 0. The van der Waals surface area contributed by atoms with Gasteiger partial charge >= 0.3 is 0 Å². The maximum atomic E-state index is 12.8. The average Bonchev–Trinajstić information content (AvgIpc) is 3.50. The number of carbonyl (C=O) groups excluding carboxylic acids is 2. The molecule has 0 spiro atoms. The molecule has 3 aromatic rings. The van der Waals surface area contributed by atoms with Gasteiger partial charge in [-0.2, -0.15) is 0 Å². The fourth-order valence-electron chi connectivity index (χ4n) is 3.16. The van der Waals surface area contributed by atoms with Gasteiger partial charge in [-0.15, -0.1) is 23.1 Å². The standard InChI is InChI=1S/C24H25N3O2S2/c1-16-25-20(14-30-16)15-31-21-11-7-18(8-12-21)23(28)27-22(24(29)26-19-9-10-19)13-17-5-3-2-4-6-17/h2-8,11-12,14,19,22H,9-10,13,15H2,1H3,(H,26,29)(H,27,28). The van der Waals surface area contributed by atoms with Crippen molar-refractivity contribution in [3.05, 3.63) is 81.8 Å². The molecule has 1 atom stereocenters. The third kappa shape index (κ3) is 6.42. The lowest BCUT2D eigenvalue weighted by atomic mass is 10.0. The Bertz CT molecular complexity index is 1030. The molecule has 0 aliphatic heterocycles. The third-order valence-corrected chi connectivity index (χ3v) is 6.87. The first-order chi connectivity index (χ1) is 15.1. The molecule has 2 amide bonds. The number of thiazole rings is 1. The molecule has 1 heterocycles. The van der Waals surface area contributed by atoms with E-state index in [-0.39, 0.29) is 17.9 Å². The van der Waals surface area contributed by atoms with Gasteiger partial charge in [0.2, 0.25) is 5.91 Å². The Labute approximate surface area is 190 Å². The van der Waals surface area contributed by atoms with Gasteiger partial charge in [0.25, 0.3) is 5.91 Å². The smallest absolute Gasteiger partial charge is 0.251 e. The summed E-state index contributed by atoms with van der Waals surface area (Å²) >= 11 is 3.34. The van der Waals surface area contributed by atoms with Gasteiger partial charge in [-0.05, 0) is 49.6 Å². The number of benzene rings is 2. The molecule has 2 N–H and O–H groups in total. The van der Waals surface area contributed by atoms with Crippen LogP contribution in [0.25, 0.3) is 0 Å². The first-order valence-electron chi connectivity index (χ1n) is 10.4. The summed E-state index contributed by atoms with van der Waals surface area (Å²) in [5, 5.41) is 9.08. The van der Waals surface area contributed by atoms with Gasteiger partial charge in [-0.1, -0.05) is 30.3 Å². The van der Waals surface area contributed by atoms with Crippen LogP contribution in [-0.2, 0) is 17.0 Å². The van der Waals surface area contributed by atoms with Gasteiger partial charge in [0.1, 0.15) is 6.04 Å². The van der Waals surface area contributed by atoms with E-state index in [0.29, 0.717) is 12.0 Å². The van der Waals surface area contributed by atoms with E-state index in [9.17, 15) is 9.59 Å². The molecular formula is C24H25N3O2S2. The molecule has 4 rings (SSSR count). The highest BCUT2D eigenvalue weighted by atomic mass is 32.2. The number of hydrogen-bond donors (Lipinski definition) is 2. The van der Waals surface area contributed by atoms with Gasteiger partial charge in [0, 0.05) is 34.1 Å². The number of rotatable bonds is 9. The maximum Gasteiger partial charge on any atom is 0.251 e. The van der Waals surface area contributed by atoms with Crippen molar-refractivity contribution in [1.82, 2.24) is 15.6 Å². The van der Waals surface area contributed by atoms with Crippen molar-refractivity contribution in [3.63, 3.8) is 0 Å². The van der Waals surface area contributed by atoms with Gasteiger partial charge in [0.05, 0.1) is 10.7 Å². The van der Waals surface area contributed by atoms with Crippen LogP contribution in [0.1, 0.15) is 39.5 Å². The third-order valence-electron chi connectivity index (χ3n) is 5.00. The Morgan fingerprint density at radius 1 is 1.13 bits per heavy atom. The summed E-state index contributed by atoms with van der Waals surface area (Å²) in [6.45, 7) is 2.00. The number of nitrogens with one attached hydrogen (secondary N) is 2. The largest absolute Gasteiger partial charge is 0.352 e. The molecule has 1 aliphatic rings. The van der Waals surface area contributed by atoms with Crippen LogP contribution in [-0.4, -0.2) is 28.9 Å². The van der Waals surface area contributed by atoms with Crippen molar-refractivity contribution in [2.24, 2.45) is 0 Å². The van der Waals surface area contributed by atoms with E-state index in [1.807, 2.05) is 61.5 Å². The number of thioether (sulfide) groups is 1. The predicted molar refractivity (Wildman–Crippen MR) is 125 cm³/mol. The number of nitrogens with zero attached hydrogens (tertiary/aromatic N) is 1. The molecule has 160 valence electrons. The zero-order valence-corrected chi connectivity index (χ0v) is 19.0. The topological polar surface area (TPSA) is 71.1 Å². The highest BCUT2D eigenvalue weighted by molar-refractivity contribution is 7.98. The molecule has 0 bridgehead atoms. The monoisotopic (exact) mass is 451 g/mol. The van der Waals surface area contributed by atoms with E-state index in [1.165, 1.54) is 0 Å². The normalized spacial score (nSPS) is 14.1. The molecule has 0 saturated heterocycles. The van der Waals surface area contributed by atoms with Crippen LogP contribution in [0.3, 0.4) is 0 Å². The fraction of sp³-hybridized carbons (Fsp3) is 0.292. The minimum Gasteiger partial charge on any atom is -0.352 e. The summed E-state index contributed by atoms with van der Waals surface area (Å²) in [6, 6.07) is 16.9. The molecule has 1 saturated carbocycles. The molecular weight excluding hydrogens is 426 g/mol. The van der Waals surface area contributed by atoms with Gasteiger partial charge in [-0.25, -0.2) is 4.98 Å². The van der Waals surface area contributed by atoms with Crippen LogP contribution >= 0.6 is 23.1 Å². The first kappa shape index (κ1) is 21.6. The van der Waals surface area contributed by atoms with Crippen molar-refractivity contribution in [2.75, 3.05) is 0 Å². The van der Waals surface area contributed by atoms with Crippen LogP contribution in [0.15, 0.2) is 64.9 Å². The van der Waals surface area contributed by atoms with E-state index < -0.39 is 6.04 Å². The average molecular weight is 452 g/mol. The molecule has 31 heavy (non-hydrogen) atoms. The van der Waals surface area contributed by atoms with E-state index in [1.54, 1.807) is 23.1 Å².